The minimum absolute atomic E-state index is 0.0364. The van der Waals surface area contributed by atoms with Gasteiger partial charge in [0.05, 0.1) is 10.7 Å². The molecule has 0 spiro atoms. The van der Waals surface area contributed by atoms with E-state index in [1.807, 2.05) is 24.3 Å². The van der Waals surface area contributed by atoms with Crippen molar-refractivity contribution >= 4 is 26.1 Å². The summed E-state index contributed by atoms with van der Waals surface area (Å²) >= 11 is 0. The summed E-state index contributed by atoms with van der Waals surface area (Å²) in [4.78, 5) is 0.350. The number of fused-ring (bicyclic) bond motifs is 1. The number of hydrogen-bond acceptors (Lipinski definition) is 4. The second-order valence-corrected chi connectivity index (χ2v) is 11.0. The number of allylic oxidation sites excluding steroid dienone is 1. The summed E-state index contributed by atoms with van der Waals surface area (Å²) < 4.78 is 55.3. The summed E-state index contributed by atoms with van der Waals surface area (Å²) in [6.07, 6.45) is 2.84. The lowest BCUT2D eigenvalue weighted by atomic mass is 9.98. The van der Waals surface area contributed by atoms with Crippen molar-refractivity contribution in [3.05, 3.63) is 75.7 Å². The molecular formula is C21H26N2O4S2. The summed E-state index contributed by atoms with van der Waals surface area (Å²) in [5, 5.41) is 0. The van der Waals surface area contributed by atoms with Gasteiger partial charge in [-0.05, 0) is 55.0 Å². The van der Waals surface area contributed by atoms with Crippen molar-refractivity contribution < 1.29 is 16.8 Å². The molecule has 29 heavy (non-hydrogen) atoms. The molecule has 2 aromatic rings. The zero-order valence-electron chi connectivity index (χ0n) is 16.6. The SMILES string of the molecule is CC(C)NS(=O)(=O)Cc1ccccc1CNS(=O)(=O)C1=Cc2ccccc2CC1. The monoisotopic (exact) mass is 434 g/mol. The van der Waals surface area contributed by atoms with Crippen LogP contribution in [0.5, 0.6) is 0 Å². The van der Waals surface area contributed by atoms with Gasteiger partial charge in [0.1, 0.15) is 0 Å². The number of benzene rings is 2. The molecule has 0 unspecified atom stereocenters. The Kier molecular flexibility index (Phi) is 6.58. The van der Waals surface area contributed by atoms with Gasteiger partial charge in [-0.15, -0.1) is 0 Å². The third-order valence-electron chi connectivity index (χ3n) is 4.69. The predicted molar refractivity (Wildman–Crippen MR) is 116 cm³/mol. The number of aryl methyl sites for hydroxylation is 1. The van der Waals surface area contributed by atoms with Gasteiger partial charge in [0, 0.05) is 12.6 Å². The van der Waals surface area contributed by atoms with Crippen molar-refractivity contribution in [1.29, 1.82) is 0 Å². The molecule has 0 bridgehead atoms. The van der Waals surface area contributed by atoms with Crippen LogP contribution >= 0.6 is 0 Å². The van der Waals surface area contributed by atoms with Crippen molar-refractivity contribution in [3.63, 3.8) is 0 Å². The Morgan fingerprint density at radius 3 is 2.28 bits per heavy atom. The Hall–Kier alpha value is -2.00. The standard InChI is InChI=1S/C21H26N2O4S2/c1-16(2)23-28(24,25)15-20-10-6-5-9-19(20)14-22-29(26,27)21-12-11-17-7-3-4-8-18(17)13-21/h3-10,13,16,22-23H,11-12,14-15H2,1-2H3. The van der Waals surface area contributed by atoms with E-state index in [1.54, 1.807) is 44.2 Å². The van der Waals surface area contributed by atoms with E-state index in [2.05, 4.69) is 9.44 Å². The molecule has 1 aliphatic rings. The van der Waals surface area contributed by atoms with E-state index in [1.165, 1.54) is 0 Å². The second-order valence-electron chi connectivity index (χ2n) is 7.43. The largest absolute Gasteiger partial charge is 0.237 e. The third-order valence-corrected chi connectivity index (χ3v) is 7.75. The third kappa shape index (κ3) is 5.76. The number of rotatable bonds is 8. The number of sulfonamides is 2. The maximum Gasteiger partial charge on any atom is 0.237 e. The second kappa shape index (κ2) is 8.79. The fourth-order valence-electron chi connectivity index (χ4n) is 3.36. The van der Waals surface area contributed by atoms with Gasteiger partial charge in [0.15, 0.2) is 0 Å². The molecule has 0 aliphatic heterocycles. The van der Waals surface area contributed by atoms with Crippen molar-refractivity contribution in [2.75, 3.05) is 0 Å². The Labute approximate surface area is 173 Å². The highest BCUT2D eigenvalue weighted by Gasteiger charge is 2.22. The van der Waals surface area contributed by atoms with Gasteiger partial charge in [0.2, 0.25) is 20.0 Å². The van der Waals surface area contributed by atoms with E-state index in [9.17, 15) is 16.8 Å². The van der Waals surface area contributed by atoms with Gasteiger partial charge in [0.25, 0.3) is 0 Å². The van der Waals surface area contributed by atoms with Crippen LogP contribution in [0.3, 0.4) is 0 Å². The van der Waals surface area contributed by atoms with Crippen molar-refractivity contribution in [2.24, 2.45) is 0 Å². The van der Waals surface area contributed by atoms with E-state index in [0.29, 0.717) is 28.9 Å². The average molecular weight is 435 g/mol. The Balaban J connectivity index is 1.76. The fraction of sp³-hybridized carbons (Fsp3) is 0.333. The molecular weight excluding hydrogens is 408 g/mol. The summed E-state index contributed by atoms with van der Waals surface area (Å²) in [6, 6.07) is 14.5. The molecule has 0 saturated heterocycles. The van der Waals surface area contributed by atoms with Crippen LogP contribution in [-0.2, 0) is 38.8 Å². The first kappa shape index (κ1) is 21.7. The summed E-state index contributed by atoms with van der Waals surface area (Å²) in [6.45, 7) is 3.55. The molecule has 0 radical (unpaired) electrons. The van der Waals surface area contributed by atoms with E-state index in [-0.39, 0.29) is 18.3 Å². The van der Waals surface area contributed by atoms with Crippen LogP contribution in [-0.4, -0.2) is 22.9 Å². The van der Waals surface area contributed by atoms with Crippen molar-refractivity contribution in [2.45, 2.75) is 45.0 Å². The number of nitrogens with one attached hydrogen (secondary N) is 2. The normalized spacial score (nSPS) is 14.5. The van der Waals surface area contributed by atoms with Gasteiger partial charge in [-0.3, -0.25) is 0 Å². The van der Waals surface area contributed by atoms with Crippen LogP contribution in [0.1, 0.15) is 42.5 Å². The minimum atomic E-state index is -3.66. The highest BCUT2D eigenvalue weighted by atomic mass is 32.2. The first-order chi connectivity index (χ1) is 13.7. The van der Waals surface area contributed by atoms with E-state index >= 15 is 0 Å². The van der Waals surface area contributed by atoms with E-state index < -0.39 is 20.0 Å². The zero-order valence-corrected chi connectivity index (χ0v) is 18.2. The van der Waals surface area contributed by atoms with Gasteiger partial charge in [-0.25, -0.2) is 26.3 Å². The van der Waals surface area contributed by atoms with Crippen LogP contribution in [0.15, 0.2) is 53.4 Å². The summed E-state index contributed by atoms with van der Waals surface area (Å²) in [5.41, 5.74) is 3.28. The minimum Gasteiger partial charge on any atom is -0.212 e. The van der Waals surface area contributed by atoms with E-state index in [4.69, 9.17) is 0 Å². The van der Waals surface area contributed by atoms with Crippen LogP contribution < -0.4 is 9.44 Å². The van der Waals surface area contributed by atoms with Gasteiger partial charge >= 0.3 is 0 Å². The Bertz CT molecular complexity index is 1120. The molecule has 2 N–H and O–H groups in total. The molecule has 0 saturated carbocycles. The maximum atomic E-state index is 12.8. The molecule has 0 amide bonds. The lowest BCUT2D eigenvalue weighted by Gasteiger charge is -2.18. The van der Waals surface area contributed by atoms with Crippen molar-refractivity contribution in [3.8, 4) is 0 Å². The number of hydrogen-bond donors (Lipinski definition) is 2. The van der Waals surface area contributed by atoms with E-state index in [0.717, 1.165) is 11.1 Å². The fourth-order valence-corrected chi connectivity index (χ4v) is 6.04. The molecule has 156 valence electrons. The van der Waals surface area contributed by atoms with Gasteiger partial charge < -0.3 is 0 Å². The molecule has 2 aromatic carbocycles. The first-order valence-electron chi connectivity index (χ1n) is 9.51. The zero-order chi connectivity index (χ0) is 21.1. The lowest BCUT2D eigenvalue weighted by molar-refractivity contribution is 0.568. The van der Waals surface area contributed by atoms with Gasteiger partial charge in [-0.2, -0.15) is 0 Å². The molecule has 0 atom stereocenters. The molecule has 0 fully saturated rings. The molecule has 8 heteroatoms. The molecule has 1 aliphatic carbocycles. The highest BCUT2D eigenvalue weighted by Crippen LogP contribution is 2.26. The first-order valence-corrected chi connectivity index (χ1v) is 12.6. The van der Waals surface area contributed by atoms with Crippen LogP contribution in [0.4, 0.5) is 0 Å². The summed E-state index contributed by atoms with van der Waals surface area (Å²) in [5.74, 6) is -0.195. The van der Waals surface area contributed by atoms with Crippen LogP contribution in [0, 0.1) is 0 Å². The Morgan fingerprint density at radius 2 is 1.55 bits per heavy atom. The smallest absolute Gasteiger partial charge is 0.212 e. The highest BCUT2D eigenvalue weighted by molar-refractivity contribution is 7.93. The summed E-state index contributed by atoms with van der Waals surface area (Å²) in [7, 11) is -7.16. The Morgan fingerprint density at radius 1 is 0.897 bits per heavy atom. The quantitative estimate of drug-likeness (QED) is 0.668. The molecule has 3 rings (SSSR count). The lowest BCUT2D eigenvalue weighted by Crippen LogP contribution is -2.32. The molecule has 6 nitrogen and oxygen atoms in total. The topological polar surface area (TPSA) is 92.3 Å². The predicted octanol–water partition coefficient (Wildman–Crippen LogP) is 2.92. The van der Waals surface area contributed by atoms with Crippen molar-refractivity contribution in [1.82, 2.24) is 9.44 Å². The van der Waals surface area contributed by atoms with Crippen LogP contribution in [0.2, 0.25) is 0 Å². The van der Waals surface area contributed by atoms with Gasteiger partial charge in [-0.1, -0.05) is 48.5 Å². The average Bonchev–Trinajstić information content (AvgIpc) is 2.65. The van der Waals surface area contributed by atoms with Crippen LogP contribution in [0.25, 0.3) is 6.08 Å². The molecule has 0 aromatic heterocycles. The maximum absolute atomic E-state index is 12.8. The molecule has 0 heterocycles.